The lowest BCUT2D eigenvalue weighted by atomic mass is 10.2. The van der Waals surface area contributed by atoms with Crippen molar-refractivity contribution in [1.82, 2.24) is 10.9 Å². The number of nitrogens with one attached hydrogen (secondary N) is 2. The van der Waals surface area contributed by atoms with E-state index < -0.39 is 17.8 Å². The lowest BCUT2D eigenvalue weighted by Gasteiger charge is -2.10. The molecule has 2 aromatic carbocycles. The molecular formula is C21H24N2O6. The lowest BCUT2D eigenvalue weighted by molar-refractivity contribution is -0.131. The van der Waals surface area contributed by atoms with Gasteiger partial charge in [0, 0.05) is 0 Å². The van der Waals surface area contributed by atoms with E-state index in [1.807, 2.05) is 25.1 Å². The van der Waals surface area contributed by atoms with E-state index in [-0.39, 0.29) is 13.2 Å². The fraction of sp³-hybridized carbons (Fsp3) is 0.286. The molecule has 2 amide bonds. The number of hydrazine groups is 1. The van der Waals surface area contributed by atoms with E-state index in [1.165, 1.54) is 12.1 Å². The maximum Gasteiger partial charge on any atom is 0.338 e. The second kappa shape index (κ2) is 11.3. The minimum Gasteiger partial charge on any atom is -0.484 e. The number of esters is 1. The largest absolute Gasteiger partial charge is 0.484 e. The molecule has 0 bridgehead atoms. The Morgan fingerprint density at radius 1 is 0.828 bits per heavy atom. The predicted octanol–water partition coefficient (Wildman–Crippen LogP) is 2.03. The van der Waals surface area contributed by atoms with Crippen LogP contribution in [0.1, 0.15) is 29.8 Å². The van der Waals surface area contributed by atoms with Crippen LogP contribution in [-0.2, 0) is 20.7 Å². The maximum absolute atomic E-state index is 11.8. The Bertz CT molecular complexity index is 835. The number of carbonyl (C=O) groups excluding carboxylic acids is 3. The first-order chi connectivity index (χ1) is 14.0. The van der Waals surface area contributed by atoms with Gasteiger partial charge in [0.05, 0.1) is 12.2 Å². The second-order valence-electron chi connectivity index (χ2n) is 5.92. The van der Waals surface area contributed by atoms with Gasteiger partial charge in [0.2, 0.25) is 0 Å². The summed E-state index contributed by atoms with van der Waals surface area (Å²) >= 11 is 0. The number of hydrogen-bond acceptors (Lipinski definition) is 6. The van der Waals surface area contributed by atoms with Gasteiger partial charge in [-0.25, -0.2) is 4.79 Å². The highest BCUT2D eigenvalue weighted by molar-refractivity contribution is 5.89. The van der Waals surface area contributed by atoms with Crippen molar-refractivity contribution in [3.63, 3.8) is 0 Å². The highest BCUT2D eigenvalue weighted by Gasteiger charge is 2.09. The van der Waals surface area contributed by atoms with Crippen LogP contribution in [0.2, 0.25) is 0 Å². The molecule has 0 spiro atoms. The van der Waals surface area contributed by atoms with Gasteiger partial charge in [-0.1, -0.05) is 19.1 Å². The summed E-state index contributed by atoms with van der Waals surface area (Å²) in [5.41, 5.74) is 5.98. The zero-order chi connectivity index (χ0) is 21.1. The van der Waals surface area contributed by atoms with Gasteiger partial charge in [-0.2, -0.15) is 0 Å². The molecule has 2 N–H and O–H groups in total. The van der Waals surface area contributed by atoms with E-state index in [0.717, 1.165) is 12.0 Å². The molecule has 2 rings (SSSR count). The molecule has 0 aromatic heterocycles. The molecule has 0 fully saturated rings. The zero-order valence-corrected chi connectivity index (χ0v) is 16.4. The number of ether oxygens (including phenoxy) is 3. The van der Waals surface area contributed by atoms with Gasteiger partial charge >= 0.3 is 5.97 Å². The minimum absolute atomic E-state index is 0.233. The lowest BCUT2D eigenvalue weighted by Crippen LogP contribution is -2.45. The third-order valence-electron chi connectivity index (χ3n) is 3.75. The highest BCUT2D eigenvalue weighted by Crippen LogP contribution is 2.14. The predicted molar refractivity (Wildman–Crippen MR) is 105 cm³/mol. The summed E-state index contributed by atoms with van der Waals surface area (Å²) in [5, 5.41) is 0. The van der Waals surface area contributed by atoms with Gasteiger partial charge in [-0.3, -0.25) is 20.4 Å². The van der Waals surface area contributed by atoms with Crippen molar-refractivity contribution in [3.05, 3.63) is 59.7 Å². The van der Waals surface area contributed by atoms with Crippen LogP contribution >= 0.6 is 0 Å². The fourth-order valence-corrected chi connectivity index (χ4v) is 2.27. The number of benzene rings is 2. The van der Waals surface area contributed by atoms with E-state index in [2.05, 4.69) is 10.9 Å². The first-order valence-corrected chi connectivity index (χ1v) is 9.21. The van der Waals surface area contributed by atoms with Crippen LogP contribution in [0, 0.1) is 0 Å². The molecule has 154 valence electrons. The smallest absolute Gasteiger partial charge is 0.338 e. The molecule has 2 aromatic rings. The van der Waals surface area contributed by atoms with Gasteiger partial charge in [0.25, 0.3) is 11.8 Å². The van der Waals surface area contributed by atoms with Crippen molar-refractivity contribution in [2.75, 3.05) is 19.8 Å². The molecule has 8 heteroatoms. The normalized spacial score (nSPS) is 10.0. The van der Waals surface area contributed by atoms with Crippen LogP contribution < -0.4 is 20.3 Å². The molecule has 0 atom stereocenters. The van der Waals surface area contributed by atoms with Crippen molar-refractivity contribution in [2.24, 2.45) is 0 Å². The number of amides is 2. The average molecular weight is 400 g/mol. The Labute approximate surface area is 169 Å². The number of carbonyl (C=O) groups is 3. The van der Waals surface area contributed by atoms with E-state index in [1.54, 1.807) is 25.1 Å². The van der Waals surface area contributed by atoms with Gasteiger partial charge in [0.1, 0.15) is 11.5 Å². The Hall–Kier alpha value is -3.55. The summed E-state index contributed by atoms with van der Waals surface area (Å²) in [7, 11) is 0. The van der Waals surface area contributed by atoms with Gasteiger partial charge in [-0.15, -0.1) is 0 Å². The summed E-state index contributed by atoms with van der Waals surface area (Å²) < 4.78 is 15.6. The summed E-state index contributed by atoms with van der Waals surface area (Å²) in [6.45, 7) is 3.50. The van der Waals surface area contributed by atoms with Crippen molar-refractivity contribution in [3.8, 4) is 11.5 Å². The molecule has 0 radical (unpaired) electrons. The van der Waals surface area contributed by atoms with Crippen LogP contribution in [0.15, 0.2) is 48.5 Å². The Morgan fingerprint density at radius 3 is 2.03 bits per heavy atom. The monoisotopic (exact) mass is 400 g/mol. The molecule has 0 saturated heterocycles. The molecule has 0 saturated carbocycles. The van der Waals surface area contributed by atoms with Crippen molar-refractivity contribution in [1.29, 1.82) is 0 Å². The highest BCUT2D eigenvalue weighted by atomic mass is 16.5. The second-order valence-corrected chi connectivity index (χ2v) is 5.92. The van der Waals surface area contributed by atoms with E-state index in [0.29, 0.717) is 23.7 Å². The summed E-state index contributed by atoms with van der Waals surface area (Å²) in [5.74, 6) is -0.484. The zero-order valence-electron chi connectivity index (χ0n) is 16.4. The molecule has 0 aliphatic rings. The van der Waals surface area contributed by atoms with Crippen LogP contribution in [0.3, 0.4) is 0 Å². The molecular weight excluding hydrogens is 376 g/mol. The van der Waals surface area contributed by atoms with E-state index >= 15 is 0 Å². The Morgan fingerprint density at radius 2 is 1.45 bits per heavy atom. The minimum atomic E-state index is -0.541. The Kier molecular flexibility index (Phi) is 8.50. The SMILES string of the molecule is CCOC(=O)c1ccc(OCC(=O)NNC(=O)COc2cccc(CC)c2)cc1. The van der Waals surface area contributed by atoms with Crippen molar-refractivity contribution in [2.45, 2.75) is 20.3 Å². The van der Waals surface area contributed by atoms with Gasteiger partial charge in [0.15, 0.2) is 13.2 Å². The molecule has 0 aliphatic carbocycles. The molecule has 0 aliphatic heterocycles. The summed E-state index contributed by atoms with van der Waals surface area (Å²) in [6.07, 6.45) is 0.866. The van der Waals surface area contributed by atoms with Crippen LogP contribution in [0.4, 0.5) is 0 Å². The van der Waals surface area contributed by atoms with Crippen molar-refractivity contribution < 1.29 is 28.6 Å². The Balaban J connectivity index is 1.68. The van der Waals surface area contributed by atoms with E-state index in [9.17, 15) is 14.4 Å². The fourth-order valence-electron chi connectivity index (χ4n) is 2.27. The van der Waals surface area contributed by atoms with Gasteiger partial charge < -0.3 is 14.2 Å². The van der Waals surface area contributed by atoms with Crippen molar-refractivity contribution >= 4 is 17.8 Å². The third-order valence-corrected chi connectivity index (χ3v) is 3.75. The standard InChI is InChI=1S/C21H24N2O6/c1-3-15-6-5-7-18(12-15)29-14-20(25)23-22-19(24)13-28-17-10-8-16(9-11-17)21(26)27-4-2/h5-12H,3-4,13-14H2,1-2H3,(H,22,24)(H,23,25). The van der Waals surface area contributed by atoms with Crippen LogP contribution in [-0.4, -0.2) is 37.6 Å². The number of hydrogen-bond donors (Lipinski definition) is 2. The topological polar surface area (TPSA) is 103 Å². The van der Waals surface area contributed by atoms with E-state index in [4.69, 9.17) is 14.2 Å². The first-order valence-electron chi connectivity index (χ1n) is 9.21. The van der Waals surface area contributed by atoms with Crippen LogP contribution in [0.5, 0.6) is 11.5 Å². The number of rotatable bonds is 9. The molecule has 0 heterocycles. The summed E-state index contributed by atoms with van der Waals surface area (Å²) in [6, 6.07) is 13.6. The summed E-state index contributed by atoms with van der Waals surface area (Å²) in [4.78, 5) is 35.1. The third kappa shape index (κ3) is 7.53. The first kappa shape index (κ1) is 21.7. The quantitative estimate of drug-likeness (QED) is 0.493. The molecule has 0 unspecified atom stereocenters. The van der Waals surface area contributed by atoms with Crippen LogP contribution in [0.25, 0.3) is 0 Å². The molecule has 29 heavy (non-hydrogen) atoms. The number of aryl methyl sites for hydroxylation is 1. The van der Waals surface area contributed by atoms with Gasteiger partial charge in [-0.05, 0) is 55.3 Å². The average Bonchev–Trinajstić information content (AvgIpc) is 2.75. The molecule has 8 nitrogen and oxygen atoms in total. The maximum atomic E-state index is 11.8.